The smallest absolute Gasteiger partial charge is 0.287 e. The number of primary amides is 1. The molecule has 0 aliphatic rings. The maximum atomic E-state index is 11.5. The molecule has 1 rings (SSSR count). The molecule has 0 fully saturated rings. The first-order valence-electron chi connectivity index (χ1n) is 5.06. The van der Waals surface area contributed by atoms with E-state index in [0.29, 0.717) is 5.76 Å². The largest absolute Gasteiger partial charge is 0.455 e. The molecule has 0 spiro atoms. The highest BCUT2D eigenvalue weighted by Gasteiger charge is 2.09. The highest BCUT2D eigenvalue weighted by atomic mass is 16.5. The van der Waals surface area contributed by atoms with Crippen molar-refractivity contribution >= 4 is 11.8 Å². The second kappa shape index (κ2) is 6.66. The van der Waals surface area contributed by atoms with Crippen molar-refractivity contribution in [2.45, 2.75) is 6.54 Å². The summed E-state index contributed by atoms with van der Waals surface area (Å²) in [4.78, 5) is 21.8. The summed E-state index contributed by atoms with van der Waals surface area (Å²) in [5, 5.41) is 2.56. The minimum atomic E-state index is -0.546. The Hall–Kier alpha value is -1.86. The average Bonchev–Trinajstić information content (AvgIpc) is 2.76. The molecule has 7 heteroatoms. The van der Waals surface area contributed by atoms with Crippen molar-refractivity contribution < 1.29 is 18.7 Å². The lowest BCUT2D eigenvalue weighted by atomic mass is 10.4. The first-order chi connectivity index (χ1) is 8.13. The van der Waals surface area contributed by atoms with Crippen LogP contribution in [0.3, 0.4) is 0 Å². The fourth-order valence-corrected chi connectivity index (χ4v) is 1.11. The second-order valence-corrected chi connectivity index (χ2v) is 3.24. The summed E-state index contributed by atoms with van der Waals surface area (Å²) in [6.45, 7) is 0.562. The molecule has 0 saturated heterocycles. The van der Waals surface area contributed by atoms with E-state index in [1.165, 1.54) is 0 Å². The van der Waals surface area contributed by atoms with Gasteiger partial charge in [-0.05, 0) is 12.1 Å². The van der Waals surface area contributed by atoms with Crippen LogP contribution in [0.5, 0.6) is 0 Å². The van der Waals surface area contributed by atoms with Gasteiger partial charge in [0.05, 0.1) is 13.2 Å². The van der Waals surface area contributed by atoms with Gasteiger partial charge in [0.2, 0.25) is 5.91 Å². The monoisotopic (exact) mass is 241 g/mol. The van der Waals surface area contributed by atoms with Gasteiger partial charge in [0.1, 0.15) is 12.4 Å². The number of hydrogen-bond donors (Lipinski definition) is 3. The molecule has 0 atom stereocenters. The van der Waals surface area contributed by atoms with E-state index in [1.54, 1.807) is 12.1 Å². The van der Waals surface area contributed by atoms with Crippen LogP contribution in [0.1, 0.15) is 16.3 Å². The zero-order valence-electron chi connectivity index (χ0n) is 9.27. The number of furan rings is 1. The average molecular weight is 241 g/mol. The number of rotatable bonds is 7. The predicted octanol–water partition coefficient (Wildman–Crippen LogP) is -1.03. The maximum absolute atomic E-state index is 11.5. The third kappa shape index (κ3) is 4.66. The van der Waals surface area contributed by atoms with Gasteiger partial charge in [0.15, 0.2) is 5.76 Å². The molecule has 1 aromatic heterocycles. The van der Waals surface area contributed by atoms with E-state index in [9.17, 15) is 9.59 Å². The summed E-state index contributed by atoms with van der Waals surface area (Å²) in [5.74, 6) is -0.164. The SMILES string of the molecule is NCc1ccc(C(=O)NCCOCC(N)=O)o1. The Kier molecular flexibility index (Phi) is 5.18. The van der Waals surface area contributed by atoms with E-state index < -0.39 is 5.91 Å². The zero-order valence-corrected chi connectivity index (χ0v) is 9.27. The Labute approximate surface area is 98.1 Å². The first kappa shape index (κ1) is 13.2. The van der Waals surface area contributed by atoms with Gasteiger partial charge in [-0.25, -0.2) is 0 Å². The predicted molar refractivity (Wildman–Crippen MR) is 58.9 cm³/mol. The molecule has 7 nitrogen and oxygen atoms in total. The molecule has 1 heterocycles. The van der Waals surface area contributed by atoms with Crippen LogP contribution in [-0.2, 0) is 16.1 Å². The Morgan fingerprint density at radius 2 is 2.18 bits per heavy atom. The lowest BCUT2D eigenvalue weighted by Crippen LogP contribution is -2.28. The standard InChI is InChI=1S/C10H15N3O4/c11-5-7-1-2-8(17-7)10(15)13-3-4-16-6-9(12)14/h1-2H,3-6,11H2,(H2,12,14)(H,13,15). The Morgan fingerprint density at radius 1 is 1.41 bits per heavy atom. The van der Waals surface area contributed by atoms with E-state index in [2.05, 4.69) is 5.32 Å². The van der Waals surface area contributed by atoms with Gasteiger partial charge in [-0.3, -0.25) is 9.59 Å². The van der Waals surface area contributed by atoms with Gasteiger partial charge >= 0.3 is 0 Å². The van der Waals surface area contributed by atoms with Gasteiger partial charge in [-0.1, -0.05) is 0 Å². The number of amides is 2. The van der Waals surface area contributed by atoms with Crippen LogP contribution in [-0.4, -0.2) is 31.6 Å². The number of nitrogens with two attached hydrogens (primary N) is 2. The van der Waals surface area contributed by atoms with Gasteiger partial charge in [-0.15, -0.1) is 0 Å². The third-order valence-corrected chi connectivity index (χ3v) is 1.86. The topological polar surface area (TPSA) is 121 Å². The quantitative estimate of drug-likeness (QED) is 0.527. The lowest BCUT2D eigenvalue weighted by Gasteiger charge is -2.03. The van der Waals surface area contributed by atoms with Crippen LogP contribution >= 0.6 is 0 Å². The van der Waals surface area contributed by atoms with Gasteiger partial charge in [0, 0.05) is 6.54 Å². The van der Waals surface area contributed by atoms with E-state index in [0.717, 1.165) is 0 Å². The Balaban J connectivity index is 2.23. The molecular weight excluding hydrogens is 226 g/mol. The minimum absolute atomic E-state index is 0.159. The van der Waals surface area contributed by atoms with Crippen molar-refractivity contribution in [2.24, 2.45) is 11.5 Å². The van der Waals surface area contributed by atoms with Crippen LogP contribution in [0.2, 0.25) is 0 Å². The van der Waals surface area contributed by atoms with Crippen molar-refractivity contribution in [1.82, 2.24) is 5.32 Å². The highest BCUT2D eigenvalue weighted by Crippen LogP contribution is 2.06. The molecule has 0 aliphatic carbocycles. The van der Waals surface area contributed by atoms with Crippen molar-refractivity contribution in [1.29, 1.82) is 0 Å². The molecule has 0 radical (unpaired) electrons. The highest BCUT2D eigenvalue weighted by molar-refractivity contribution is 5.91. The van der Waals surface area contributed by atoms with Gasteiger partial charge in [0.25, 0.3) is 5.91 Å². The Morgan fingerprint density at radius 3 is 2.76 bits per heavy atom. The molecule has 5 N–H and O–H groups in total. The summed E-state index contributed by atoms with van der Waals surface area (Å²) < 4.78 is 10.0. The van der Waals surface area contributed by atoms with Crippen molar-refractivity contribution in [3.8, 4) is 0 Å². The molecule has 0 bridgehead atoms. The van der Waals surface area contributed by atoms with E-state index in [4.69, 9.17) is 20.6 Å². The summed E-state index contributed by atoms with van der Waals surface area (Å²) in [5.41, 5.74) is 10.2. The fraction of sp³-hybridized carbons (Fsp3) is 0.400. The molecule has 17 heavy (non-hydrogen) atoms. The van der Waals surface area contributed by atoms with E-state index in [-0.39, 0.29) is 38.0 Å². The number of hydrogen-bond acceptors (Lipinski definition) is 5. The molecule has 0 aromatic carbocycles. The van der Waals surface area contributed by atoms with Crippen LogP contribution in [0, 0.1) is 0 Å². The number of carbonyl (C=O) groups is 2. The van der Waals surface area contributed by atoms with E-state index in [1.807, 2.05) is 0 Å². The molecular formula is C10H15N3O4. The van der Waals surface area contributed by atoms with E-state index >= 15 is 0 Å². The summed E-state index contributed by atoms with van der Waals surface area (Å²) in [7, 11) is 0. The molecule has 0 aliphatic heterocycles. The van der Waals surface area contributed by atoms with Crippen LogP contribution < -0.4 is 16.8 Å². The third-order valence-electron chi connectivity index (χ3n) is 1.86. The van der Waals surface area contributed by atoms with Gasteiger partial charge < -0.3 is 25.9 Å². The second-order valence-electron chi connectivity index (χ2n) is 3.24. The minimum Gasteiger partial charge on any atom is -0.455 e. The number of carbonyl (C=O) groups excluding carboxylic acids is 2. The first-order valence-corrected chi connectivity index (χ1v) is 5.06. The molecule has 94 valence electrons. The van der Waals surface area contributed by atoms with Crippen molar-refractivity contribution in [3.63, 3.8) is 0 Å². The van der Waals surface area contributed by atoms with Gasteiger partial charge in [-0.2, -0.15) is 0 Å². The Bertz CT molecular complexity index is 389. The van der Waals surface area contributed by atoms with Crippen LogP contribution in [0.15, 0.2) is 16.5 Å². The summed E-state index contributed by atoms with van der Waals surface area (Å²) >= 11 is 0. The van der Waals surface area contributed by atoms with Crippen molar-refractivity contribution in [3.05, 3.63) is 23.7 Å². The fourth-order valence-electron chi connectivity index (χ4n) is 1.11. The van der Waals surface area contributed by atoms with Crippen LogP contribution in [0.25, 0.3) is 0 Å². The van der Waals surface area contributed by atoms with Crippen molar-refractivity contribution in [2.75, 3.05) is 19.8 Å². The molecule has 2 amide bonds. The zero-order chi connectivity index (χ0) is 12.7. The molecule has 0 saturated carbocycles. The molecule has 0 unspecified atom stereocenters. The lowest BCUT2D eigenvalue weighted by molar-refractivity contribution is -0.122. The van der Waals surface area contributed by atoms with Crippen LogP contribution in [0.4, 0.5) is 0 Å². The summed E-state index contributed by atoms with van der Waals surface area (Å²) in [6.07, 6.45) is 0. The maximum Gasteiger partial charge on any atom is 0.287 e. The molecule has 1 aromatic rings. The number of nitrogens with one attached hydrogen (secondary N) is 1. The number of ether oxygens (including phenoxy) is 1. The summed E-state index contributed by atoms with van der Waals surface area (Å²) in [6, 6.07) is 3.18. The normalized spacial score (nSPS) is 10.2.